The molecule has 0 saturated carbocycles. The first-order valence-corrected chi connectivity index (χ1v) is 8.06. The molecule has 1 N–H and O–H groups in total. The van der Waals surface area contributed by atoms with Crippen LogP contribution in [0.2, 0.25) is 0 Å². The van der Waals surface area contributed by atoms with E-state index in [1.807, 2.05) is 0 Å². The van der Waals surface area contributed by atoms with Gasteiger partial charge in [-0.05, 0) is 18.2 Å². The molecule has 124 valence electrons. The zero-order valence-electron chi connectivity index (χ0n) is 11.7. The summed E-state index contributed by atoms with van der Waals surface area (Å²) in [7, 11) is -3.88. The van der Waals surface area contributed by atoms with Crippen LogP contribution < -0.4 is 5.32 Å². The topological polar surface area (TPSA) is 89.3 Å². The largest absolute Gasteiger partial charge is 0.447 e. The van der Waals surface area contributed by atoms with E-state index in [-0.39, 0.29) is 12.4 Å². The van der Waals surface area contributed by atoms with Crippen molar-refractivity contribution in [3.05, 3.63) is 47.7 Å². The molecule has 0 spiro atoms. The number of alkyl halides is 3. The molecule has 0 saturated heterocycles. The Morgan fingerprint density at radius 2 is 2.04 bits per heavy atom. The van der Waals surface area contributed by atoms with Crippen LogP contribution in [-0.4, -0.2) is 25.6 Å². The maximum Gasteiger partial charge on any atom is 0.416 e. The van der Waals surface area contributed by atoms with Gasteiger partial charge in [0, 0.05) is 6.26 Å². The van der Waals surface area contributed by atoms with Crippen molar-refractivity contribution in [1.82, 2.24) is 10.3 Å². The van der Waals surface area contributed by atoms with Gasteiger partial charge in [0.05, 0.1) is 28.8 Å². The number of hydrogen-bond acceptors (Lipinski definition) is 5. The molecule has 0 atom stereocenters. The molecule has 0 fully saturated rings. The van der Waals surface area contributed by atoms with E-state index < -0.39 is 37.9 Å². The number of hydrogen-bond donors (Lipinski definition) is 1. The van der Waals surface area contributed by atoms with Gasteiger partial charge in [0.15, 0.2) is 9.84 Å². The zero-order valence-corrected chi connectivity index (χ0v) is 12.5. The highest BCUT2D eigenvalue weighted by Gasteiger charge is 2.32. The summed E-state index contributed by atoms with van der Waals surface area (Å²) in [5.41, 5.74) is -1.71. The van der Waals surface area contributed by atoms with Crippen LogP contribution in [0.3, 0.4) is 0 Å². The number of aromatic nitrogens is 1. The van der Waals surface area contributed by atoms with Gasteiger partial charge in [-0.2, -0.15) is 13.2 Å². The fourth-order valence-electron chi connectivity index (χ4n) is 1.80. The summed E-state index contributed by atoms with van der Waals surface area (Å²) < 4.78 is 66.5. The normalized spacial score (nSPS) is 12.2. The molecule has 0 aliphatic rings. The number of nitrogens with zero attached hydrogens (tertiary/aromatic N) is 1. The quantitative estimate of drug-likeness (QED) is 0.913. The molecule has 2 rings (SSSR count). The number of rotatable bonds is 4. The highest BCUT2D eigenvalue weighted by Crippen LogP contribution is 2.31. The van der Waals surface area contributed by atoms with Gasteiger partial charge in [0.1, 0.15) is 6.26 Å². The first-order valence-electron chi connectivity index (χ1n) is 6.17. The van der Waals surface area contributed by atoms with E-state index >= 15 is 0 Å². The second-order valence-electron chi connectivity index (χ2n) is 4.59. The Morgan fingerprint density at radius 3 is 2.57 bits per heavy atom. The summed E-state index contributed by atoms with van der Waals surface area (Å²) in [5, 5.41) is 2.27. The first kappa shape index (κ1) is 17.0. The Labute approximate surface area is 129 Å². The van der Waals surface area contributed by atoms with E-state index in [4.69, 9.17) is 4.42 Å². The predicted molar refractivity (Wildman–Crippen MR) is 72.2 cm³/mol. The van der Waals surface area contributed by atoms with E-state index in [1.165, 1.54) is 12.5 Å². The van der Waals surface area contributed by atoms with E-state index in [0.29, 0.717) is 12.1 Å². The Bertz CT molecular complexity index is 814. The lowest BCUT2D eigenvalue weighted by Crippen LogP contribution is -2.25. The van der Waals surface area contributed by atoms with Gasteiger partial charge in [-0.1, -0.05) is 0 Å². The number of oxazole rings is 1. The van der Waals surface area contributed by atoms with Gasteiger partial charge < -0.3 is 9.73 Å². The minimum atomic E-state index is -4.70. The van der Waals surface area contributed by atoms with Crippen LogP contribution in [0, 0.1) is 0 Å². The van der Waals surface area contributed by atoms with Gasteiger partial charge in [-0.25, -0.2) is 13.4 Å². The zero-order chi connectivity index (χ0) is 17.3. The van der Waals surface area contributed by atoms with E-state index in [9.17, 15) is 26.4 Å². The van der Waals surface area contributed by atoms with Gasteiger partial charge in [0.2, 0.25) is 5.89 Å². The number of nitrogens with one attached hydrogen (secondary N) is 1. The average molecular weight is 348 g/mol. The molecule has 2 aromatic rings. The van der Waals surface area contributed by atoms with Crippen molar-refractivity contribution >= 4 is 15.7 Å². The monoisotopic (exact) mass is 348 g/mol. The van der Waals surface area contributed by atoms with Gasteiger partial charge >= 0.3 is 6.18 Å². The fourth-order valence-corrected chi connectivity index (χ4v) is 2.66. The molecule has 0 bridgehead atoms. The third-order valence-electron chi connectivity index (χ3n) is 2.83. The van der Waals surface area contributed by atoms with Crippen LogP contribution in [0.5, 0.6) is 0 Å². The van der Waals surface area contributed by atoms with Gasteiger partial charge in [-0.15, -0.1) is 0 Å². The molecule has 6 nitrogen and oxygen atoms in total. The number of sulfone groups is 1. The second-order valence-corrected chi connectivity index (χ2v) is 6.57. The van der Waals surface area contributed by atoms with Crippen molar-refractivity contribution in [2.75, 3.05) is 6.26 Å². The van der Waals surface area contributed by atoms with E-state index in [0.717, 1.165) is 12.3 Å². The molecule has 0 aliphatic carbocycles. The van der Waals surface area contributed by atoms with Gasteiger partial charge in [-0.3, -0.25) is 4.79 Å². The minimum Gasteiger partial charge on any atom is -0.447 e. The minimum absolute atomic E-state index is 0.131. The third-order valence-corrected chi connectivity index (χ3v) is 3.99. The van der Waals surface area contributed by atoms with E-state index in [1.54, 1.807) is 0 Å². The smallest absolute Gasteiger partial charge is 0.416 e. The molecule has 1 aromatic carbocycles. The van der Waals surface area contributed by atoms with Crippen LogP contribution in [0.1, 0.15) is 21.8 Å². The molecule has 0 aliphatic heterocycles. The Morgan fingerprint density at radius 1 is 1.35 bits per heavy atom. The predicted octanol–water partition coefficient (Wildman–Crippen LogP) is 2.03. The van der Waals surface area contributed by atoms with Crippen molar-refractivity contribution in [3.63, 3.8) is 0 Å². The maximum absolute atomic E-state index is 12.8. The number of benzene rings is 1. The molecular weight excluding hydrogens is 337 g/mol. The van der Waals surface area contributed by atoms with Crippen molar-refractivity contribution in [1.29, 1.82) is 0 Å². The molecular formula is C13H11F3N2O4S. The molecule has 10 heteroatoms. The molecule has 1 aromatic heterocycles. The summed E-state index contributed by atoms with van der Waals surface area (Å²) in [6.45, 7) is -0.189. The lowest BCUT2D eigenvalue weighted by atomic mass is 10.1. The highest BCUT2D eigenvalue weighted by atomic mass is 32.2. The summed E-state index contributed by atoms with van der Waals surface area (Å²) in [6.07, 6.45) is -1.31. The van der Waals surface area contributed by atoms with Crippen LogP contribution >= 0.6 is 0 Å². The lowest BCUT2D eigenvalue weighted by Gasteiger charge is -2.12. The summed E-state index contributed by atoms with van der Waals surface area (Å²) in [4.78, 5) is 15.3. The molecule has 0 unspecified atom stereocenters. The number of carbonyl (C=O) groups excluding carboxylic acids is 1. The van der Waals surface area contributed by atoms with Crippen LogP contribution in [0.25, 0.3) is 0 Å². The summed E-state index contributed by atoms with van der Waals surface area (Å²) in [5.74, 6) is -0.846. The first-order chi connectivity index (χ1) is 10.6. The fraction of sp³-hybridized carbons (Fsp3) is 0.231. The van der Waals surface area contributed by atoms with E-state index in [2.05, 4.69) is 10.3 Å². The van der Waals surface area contributed by atoms with Crippen LogP contribution in [0.4, 0.5) is 13.2 Å². The van der Waals surface area contributed by atoms with Crippen molar-refractivity contribution in [2.45, 2.75) is 17.6 Å². The maximum atomic E-state index is 12.8. The third kappa shape index (κ3) is 4.09. The SMILES string of the molecule is CS(=O)(=O)c1ccc(C(F)(F)F)cc1C(=O)NCc1ncco1. The number of amides is 1. The van der Waals surface area contributed by atoms with Crippen molar-refractivity contribution in [2.24, 2.45) is 0 Å². The van der Waals surface area contributed by atoms with Crippen LogP contribution in [-0.2, 0) is 22.6 Å². The summed E-state index contributed by atoms with van der Waals surface area (Å²) >= 11 is 0. The van der Waals surface area contributed by atoms with Crippen LogP contribution in [0.15, 0.2) is 40.0 Å². The number of carbonyl (C=O) groups is 1. The highest BCUT2D eigenvalue weighted by molar-refractivity contribution is 7.90. The lowest BCUT2D eigenvalue weighted by molar-refractivity contribution is -0.137. The molecule has 0 radical (unpaired) electrons. The standard InChI is InChI=1S/C13H11F3N2O4S/c1-23(20,21)10-3-2-8(13(14,15)16)6-9(10)12(19)18-7-11-17-4-5-22-11/h2-6H,7H2,1H3,(H,18,19). The molecule has 1 amide bonds. The second kappa shape index (κ2) is 6.03. The average Bonchev–Trinajstić information content (AvgIpc) is 2.95. The summed E-state index contributed by atoms with van der Waals surface area (Å²) in [6, 6.07) is 1.88. The number of halogens is 3. The molecule has 1 heterocycles. The van der Waals surface area contributed by atoms with Crippen molar-refractivity contribution < 1.29 is 30.8 Å². The van der Waals surface area contributed by atoms with Gasteiger partial charge in [0.25, 0.3) is 5.91 Å². The molecule has 23 heavy (non-hydrogen) atoms. The Kier molecular flexibility index (Phi) is 4.46. The van der Waals surface area contributed by atoms with Crippen molar-refractivity contribution in [3.8, 4) is 0 Å². The Hall–Kier alpha value is -2.36. The Balaban J connectivity index is 2.38.